The second kappa shape index (κ2) is 9.55. The minimum absolute atomic E-state index is 0.0128. The van der Waals surface area contributed by atoms with Crippen molar-refractivity contribution in [1.82, 2.24) is 9.88 Å². The highest BCUT2D eigenvalue weighted by Gasteiger charge is 2.22. The lowest BCUT2D eigenvalue weighted by molar-refractivity contribution is -0.120. The van der Waals surface area contributed by atoms with E-state index in [4.69, 9.17) is 14.5 Å². The molecule has 0 spiro atoms. The first kappa shape index (κ1) is 20.8. The van der Waals surface area contributed by atoms with Crippen molar-refractivity contribution in [2.24, 2.45) is 0 Å². The molecule has 1 aliphatic heterocycles. The molecule has 7 heteroatoms. The molecule has 0 unspecified atom stereocenters. The quantitative estimate of drug-likeness (QED) is 0.578. The van der Waals surface area contributed by atoms with E-state index >= 15 is 0 Å². The number of hydrogen-bond acceptors (Lipinski definition) is 6. The highest BCUT2D eigenvalue weighted by Crippen LogP contribution is 2.31. The number of carbonyl (C=O) groups excluding carboxylic acids is 1. The van der Waals surface area contributed by atoms with Crippen LogP contribution in [0.5, 0.6) is 5.75 Å². The van der Waals surface area contributed by atoms with Gasteiger partial charge >= 0.3 is 0 Å². The third-order valence-corrected chi connectivity index (χ3v) is 6.22. The van der Waals surface area contributed by atoms with E-state index in [1.807, 2.05) is 30.3 Å². The molecule has 1 aliphatic rings. The molecule has 2 aromatic carbocycles. The van der Waals surface area contributed by atoms with Gasteiger partial charge < -0.3 is 9.47 Å². The average molecular weight is 426 g/mol. The molecule has 1 fully saturated rings. The molecule has 1 aromatic heterocycles. The molecule has 4 rings (SSSR count). The summed E-state index contributed by atoms with van der Waals surface area (Å²) in [5, 5.41) is 0.730. The Morgan fingerprint density at radius 1 is 1.20 bits per heavy atom. The van der Waals surface area contributed by atoms with Crippen LogP contribution in [0, 0.1) is 13.8 Å². The Labute approximate surface area is 181 Å². The number of benzene rings is 2. The van der Waals surface area contributed by atoms with Gasteiger partial charge in [-0.1, -0.05) is 35.6 Å². The van der Waals surface area contributed by atoms with Crippen molar-refractivity contribution in [3.8, 4) is 5.75 Å². The van der Waals surface area contributed by atoms with Crippen molar-refractivity contribution in [2.45, 2.75) is 13.8 Å². The SMILES string of the molecule is Cc1cc(C)c2nc(N(CCN3CCOCC3)C(=O)COc3ccccc3)sc2c1. The molecular weight excluding hydrogens is 398 g/mol. The second-order valence-electron chi connectivity index (χ2n) is 7.53. The minimum atomic E-state index is -0.0828. The normalized spacial score (nSPS) is 14.7. The fourth-order valence-electron chi connectivity index (χ4n) is 3.61. The van der Waals surface area contributed by atoms with E-state index in [0.29, 0.717) is 12.3 Å². The molecule has 1 saturated heterocycles. The van der Waals surface area contributed by atoms with Crippen LogP contribution in [0.1, 0.15) is 11.1 Å². The van der Waals surface area contributed by atoms with Crippen LogP contribution in [0.3, 0.4) is 0 Å². The van der Waals surface area contributed by atoms with Crippen LogP contribution in [-0.4, -0.2) is 61.8 Å². The Bertz CT molecular complexity index is 1000. The summed E-state index contributed by atoms with van der Waals surface area (Å²) >= 11 is 1.57. The molecular formula is C23H27N3O3S. The van der Waals surface area contributed by atoms with Crippen molar-refractivity contribution in [3.63, 3.8) is 0 Å². The van der Waals surface area contributed by atoms with Crippen molar-refractivity contribution >= 4 is 32.6 Å². The molecule has 3 aromatic rings. The first-order chi connectivity index (χ1) is 14.6. The number of hydrogen-bond donors (Lipinski definition) is 0. The van der Waals surface area contributed by atoms with E-state index in [-0.39, 0.29) is 12.5 Å². The fourth-order valence-corrected chi connectivity index (χ4v) is 4.79. The van der Waals surface area contributed by atoms with Crippen LogP contribution >= 0.6 is 11.3 Å². The second-order valence-corrected chi connectivity index (χ2v) is 8.54. The van der Waals surface area contributed by atoms with E-state index in [1.54, 1.807) is 16.2 Å². The monoisotopic (exact) mass is 425 g/mol. The number of anilines is 1. The number of thiazole rings is 1. The topological polar surface area (TPSA) is 54.9 Å². The lowest BCUT2D eigenvalue weighted by atomic mass is 10.1. The van der Waals surface area contributed by atoms with Gasteiger partial charge in [-0.05, 0) is 43.2 Å². The molecule has 0 atom stereocenters. The molecule has 1 amide bonds. The van der Waals surface area contributed by atoms with Crippen LogP contribution in [-0.2, 0) is 9.53 Å². The molecule has 30 heavy (non-hydrogen) atoms. The number of aromatic nitrogens is 1. The molecule has 0 saturated carbocycles. The van der Waals surface area contributed by atoms with Crippen molar-refractivity contribution in [2.75, 3.05) is 50.9 Å². The van der Waals surface area contributed by atoms with Crippen LogP contribution in [0.25, 0.3) is 10.2 Å². The maximum Gasteiger partial charge on any atom is 0.266 e. The standard InChI is InChI=1S/C23H27N3O3S/c1-17-14-18(2)22-20(15-17)30-23(24-22)26(9-8-25-10-12-28-13-11-25)21(27)16-29-19-6-4-3-5-7-19/h3-7,14-15H,8-13,16H2,1-2H3. The smallest absolute Gasteiger partial charge is 0.266 e. The van der Waals surface area contributed by atoms with Crippen molar-refractivity contribution in [1.29, 1.82) is 0 Å². The maximum atomic E-state index is 13.1. The fraction of sp³-hybridized carbons (Fsp3) is 0.391. The van der Waals surface area contributed by atoms with Gasteiger partial charge in [0.2, 0.25) is 0 Å². The lowest BCUT2D eigenvalue weighted by Gasteiger charge is -2.29. The number of nitrogens with zero attached hydrogens (tertiary/aromatic N) is 3. The van der Waals surface area contributed by atoms with E-state index in [1.165, 1.54) is 5.56 Å². The van der Waals surface area contributed by atoms with Gasteiger partial charge in [-0.3, -0.25) is 14.6 Å². The summed E-state index contributed by atoms with van der Waals surface area (Å²) < 4.78 is 12.3. The zero-order valence-corrected chi connectivity index (χ0v) is 18.3. The van der Waals surface area contributed by atoms with Gasteiger partial charge in [0.25, 0.3) is 5.91 Å². The van der Waals surface area contributed by atoms with E-state index in [9.17, 15) is 4.79 Å². The summed E-state index contributed by atoms with van der Waals surface area (Å²) in [6.07, 6.45) is 0. The third-order valence-electron chi connectivity index (χ3n) is 5.20. The Morgan fingerprint density at radius 2 is 1.97 bits per heavy atom. The molecule has 2 heterocycles. The average Bonchev–Trinajstić information content (AvgIpc) is 3.18. The van der Waals surface area contributed by atoms with Gasteiger partial charge in [0, 0.05) is 26.2 Å². The largest absolute Gasteiger partial charge is 0.484 e. The summed E-state index contributed by atoms with van der Waals surface area (Å²) in [5.41, 5.74) is 3.30. The zero-order chi connectivity index (χ0) is 20.9. The van der Waals surface area contributed by atoms with Gasteiger partial charge in [0.15, 0.2) is 11.7 Å². The summed E-state index contributed by atoms with van der Waals surface area (Å²) in [4.78, 5) is 22.1. The number of rotatable bonds is 7. The van der Waals surface area contributed by atoms with Gasteiger partial charge in [-0.15, -0.1) is 0 Å². The first-order valence-corrected chi connectivity index (χ1v) is 11.1. The first-order valence-electron chi connectivity index (χ1n) is 10.3. The van der Waals surface area contributed by atoms with Crippen LogP contribution in [0.2, 0.25) is 0 Å². The maximum absolute atomic E-state index is 13.1. The zero-order valence-electron chi connectivity index (χ0n) is 17.5. The summed E-state index contributed by atoms with van der Waals surface area (Å²) in [7, 11) is 0. The van der Waals surface area contributed by atoms with Gasteiger partial charge in [0.05, 0.1) is 23.4 Å². The molecule has 0 N–H and O–H groups in total. The summed E-state index contributed by atoms with van der Waals surface area (Å²) in [6, 6.07) is 13.7. The van der Waals surface area contributed by atoms with Crippen molar-refractivity contribution in [3.05, 3.63) is 53.6 Å². The molecule has 0 aliphatic carbocycles. The number of aryl methyl sites for hydroxylation is 2. The van der Waals surface area contributed by atoms with E-state index < -0.39 is 0 Å². The number of fused-ring (bicyclic) bond motifs is 1. The predicted molar refractivity (Wildman–Crippen MR) is 121 cm³/mol. The van der Waals surface area contributed by atoms with E-state index in [0.717, 1.165) is 53.8 Å². The highest BCUT2D eigenvalue weighted by atomic mass is 32.1. The predicted octanol–water partition coefficient (Wildman–Crippen LogP) is 3.66. The number of ether oxygens (including phenoxy) is 2. The van der Waals surface area contributed by atoms with Crippen LogP contribution < -0.4 is 9.64 Å². The number of carbonyl (C=O) groups is 1. The van der Waals surface area contributed by atoms with Gasteiger partial charge in [0.1, 0.15) is 5.75 Å². The summed E-state index contributed by atoms with van der Waals surface area (Å²) in [6.45, 7) is 8.76. The molecule has 0 bridgehead atoms. The highest BCUT2D eigenvalue weighted by molar-refractivity contribution is 7.22. The number of morpholine rings is 1. The van der Waals surface area contributed by atoms with Crippen molar-refractivity contribution < 1.29 is 14.3 Å². The Morgan fingerprint density at radius 3 is 2.73 bits per heavy atom. The van der Waals surface area contributed by atoms with Crippen LogP contribution in [0.4, 0.5) is 5.13 Å². The molecule has 0 radical (unpaired) electrons. The Kier molecular flexibility index (Phi) is 6.62. The number of para-hydroxylation sites is 1. The third kappa shape index (κ3) is 4.98. The molecule has 158 valence electrons. The Hall–Kier alpha value is -2.48. The van der Waals surface area contributed by atoms with E-state index in [2.05, 4.69) is 30.9 Å². The Balaban J connectivity index is 1.54. The van der Waals surface area contributed by atoms with Gasteiger partial charge in [-0.2, -0.15) is 0 Å². The minimum Gasteiger partial charge on any atom is -0.484 e. The molecule has 6 nitrogen and oxygen atoms in total. The van der Waals surface area contributed by atoms with Gasteiger partial charge in [-0.25, -0.2) is 4.98 Å². The van der Waals surface area contributed by atoms with Crippen LogP contribution in [0.15, 0.2) is 42.5 Å². The summed E-state index contributed by atoms with van der Waals surface area (Å²) in [5.74, 6) is 0.607. The lowest BCUT2D eigenvalue weighted by Crippen LogP contribution is -2.44. The number of amides is 1.